The molecule has 0 saturated carbocycles. The molecule has 3 N–H and O–H groups in total. The highest BCUT2D eigenvalue weighted by Crippen LogP contribution is 2.50. The number of carbonyl (C=O) groups excluding carboxylic acids is 3. The van der Waals surface area contributed by atoms with Gasteiger partial charge in [-0.25, -0.2) is 4.79 Å². The van der Waals surface area contributed by atoms with Gasteiger partial charge in [-0.3, -0.25) is 9.59 Å². The van der Waals surface area contributed by atoms with Crippen LogP contribution in [0.5, 0.6) is 5.75 Å². The van der Waals surface area contributed by atoms with E-state index in [-0.39, 0.29) is 48.0 Å². The summed E-state index contributed by atoms with van der Waals surface area (Å²) in [5.74, 6) is -1.70. The van der Waals surface area contributed by atoms with E-state index in [1.165, 1.54) is 0 Å². The first kappa shape index (κ1) is 29.0. The maximum atomic E-state index is 13.5. The minimum Gasteiger partial charge on any atom is -0.483 e. The minimum atomic E-state index is -0.918. The third-order valence-electron chi connectivity index (χ3n) is 6.24. The zero-order valence-corrected chi connectivity index (χ0v) is 24.6. The van der Waals surface area contributed by atoms with Gasteiger partial charge in [0.2, 0.25) is 5.88 Å². The fourth-order valence-electron chi connectivity index (χ4n) is 4.75. The number of nitrogens with two attached hydrogens (primary N) is 1. The summed E-state index contributed by atoms with van der Waals surface area (Å²) in [5, 5.41) is 3.43. The van der Waals surface area contributed by atoms with Crippen molar-refractivity contribution in [2.45, 2.75) is 39.5 Å². The van der Waals surface area contributed by atoms with Crippen molar-refractivity contribution in [1.82, 2.24) is 0 Å². The van der Waals surface area contributed by atoms with Gasteiger partial charge in [-0.1, -0.05) is 53.0 Å². The summed E-state index contributed by atoms with van der Waals surface area (Å²) in [5.41, 5.74) is 7.12. The Morgan fingerprint density at radius 2 is 1.85 bits per heavy atom. The number of benzene rings is 2. The number of nitrogens with one attached hydrogen (secondary N) is 1. The monoisotopic (exact) mass is 636 g/mol. The van der Waals surface area contributed by atoms with Crippen molar-refractivity contribution in [3.8, 4) is 5.75 Å². The van der Waals surface area contributed by atoms with Crippen LogP contribution in [0.4, 0.5) is 5.69 Å². The molecule has 1 aliphatic carbocycles. The SMILES string of the molecule is CCOC(=O)C1=C(N)OC2=C(C(=O)CC(C)(C)C2)C1c1cc(Br)ccc1OCC(=O)Nc1cc(Cl)cc(Cl)c1. The zero-order chi connectivity index (χ0) is 28.5. The second-order valence-electron chi connectivity index (χ2n) is 9.99. The molecule has 2 aliphatic rings. The largest absolute Gasteiger partial charge is 0.483 e. The molecule has 39 heavy (non-hydrogen) atoms. The number of ether oxygens (including phenoxy) is 3. The maximum Gasteiger partial charge on any atom is 0.340 e. The number of ketones is 1. The minimum absolute atomic E-state index is 0.00428. The van der Waals surface area contributed by atoms with Crippen LogP contribution in [-0.4, -0.2) is 30.9 Å². The summed E-state index contributed by atoms with van der Waals surface area (Å²) in [4.78, 5) is 39.3. The molecule has 0 saturated heterocycles. The number of allylic oxidation sites excluding steroid dienone is 2. The number of halogens is 3. The number of Topliss-reactive ketones (excluding diaryl/α,β-unsaturated/α-hetero) is 1. The van der Waals surface area contributed by atoms with Crippen molar-refractivity contribution in [2.75, 3.05) is 18.5 Å². The highest BCUT2D eigenvalue weighted by molar-refractivity contribution is 9.10. The molecule has 4 rings (SSSR count). The Kier molecular flexibility index (Phi) is 8.63. The van der Waals surface area contributed by atoms with Crippen molar-refractivity contribution in [1.29, 1.82) is 0 Å². The topological polar surface area (TPSA) is 117 Å². The smallest absolute Gasteiger partial charge is 0.340 e. The number of amides is 1. The normalized spacial score (nSPS) is 18.3. The first-order valence-corrected chi connectivity index (χ1v) is 13.7. The van der Waals surface area contributed by atoms with Crippen LogP contribution >= 0.6 is 39.1 Å². The van der Waals surface area contributed by atoms with Crippen LogP contribution in [0, 0.1) is 5.41 Å². The van der Waals surface area contributed by atoms with Crippen LogP contribution in [0.25, 0.3) is 0 Å². The zero-order valence-electron chi connectivity index (χ0n) is 21.5. The molecular formula is C28H27BrCl2N2O6. The summed E-state index contributed by atoms with van der Waals surface area (Å²) in [7, 11) is 0. The molecule has 1 atom stereocenters. The number of carbonyl (C=O) groups is 3. The Labute approximate surface area is 244 Å². The molecule has 1 unspecified atom stereocenters. The molecule has 206 valence electrons. The molecule has 11 heteroatoms. The molecule has 2 aromatic rings. The van der Waals surface area contributed by atoms with E-state index in [1.54, 1.807) is 43.3 Å². The van der Waals surface area contributed by atoms with Crippen molar-refractivity contribution in [2.24, 2.45) is 11.1 Å². The number of hydrogen-bond donors (Lipinski definition) is 2. The number of hydrogen-bond acceptors (Lipinski definition) is 7. The maximum absolute atomic E-state index is 13.5. The summed E-state index contributed by atoms with van der Waals surface area (Å²) < 4.78 is 17.7. The summed E-state index contributed by atoms with van der Waals surface area (Å²) >= 11 is 15.5. The average molecular weight is 638 g/mol. The molecular weight excluding hydrogens is 611 g/mol. The van der Waals surface area contributed by atoms with E-state index in [2.05, 4.69) is 21.2 Å². The fourth-order valence-corrected chi connectivity index (χ4v) is 5.65. The van der Waals surface area contributed by atoms with E-state index in [1.807, 2.05) is 13.8 Å². The van der Waals surface area contributed by atoms with Crippen molar-refractivity contribution < 1.29 is 28.6 Å². The van der Waals surface area contributed by atoms with Crippen LogP contribution in [0.1, 0.15) is 45.1 Å². The third-order valence-corrected chi connectivity index (χ3v) is 7.17. The van der Waals surface area contributed by atoms with E-state index in [9.17, 15) is 14.4 Å². The van der Waals surface area contributed by atoms with Gasteiger partial charge in [0.05, 0.1) is 12.5 Å². The lowest BCUT2D eigenvalue weighted by atomic mass is 9.70. The Morgan fingerprint density at radius 1 is 1.15 bits per heavy atom. The number of esters is 1. The lowest BCUT2D eigenvalue weighted by Crippen LogP contribution is -2.36. The predicted octanol–water partition coefficient (Wildman–Crippen LogP) is 6.26. The predicted molar refractivity (Wildman–Crippen MR) is 151 cm³/mol. The Hall–Kier alpha value is -3.01. The Morgan fingerprint density at radius 3 is 2.51 bits per heavy atom. The summed E-state index contributed by atoms with van der Waals surface area (Å²) in [6.07, 6.45) is 0.715. The lowest BCUT2D eigenvalue weighted by molar-refractivity contribution is -0.139. The van der Waals surface area contributed by atoms with Crippen LogP contribution in [0.2, 0.25) is 10.0 Å². The molecule has 0 radical (unpaired) electrons. The standard InChI is InChI=1S/C28H27BrCl2N2O6/c1-4-37-27(36)25-23(24-19(34)11-28(2,3)12-21(24)39-26(25)32)18-7-14(29)5-6-20(18)38-13-22(35)33-17-9-15(30)8-16(31)10-17/h5-10,23H,4,11-13,32H2,1-3H3,(H,33,35). The van der Waals surface area contributed by atoms with Gasteiger partial charge in [0.15, 0.2) is 12.4 Å². The van der Waals surface area contributed by atoms with Crippen molar-refractivity contribution in [3.63, 3.8) is 0 Å². The van der Waals surface area contributed by atoms with Gasteiger partial charge < -0.3 is 25.3 Å². The van der Waals surface area contributed by atoms with E-state index in [0.717, 1.165) is 0 Å². The molecule has 0 spiro atoms. The highest BCUT2D eigenvalue weighted by atomic mass is 79.9. The van der Waals surface area contributed by atoms with Crippen molar-refractivity contribution in [3.05, 3.63) is 79.3 Å². The molecule has 0 bridgehead atoms. The fraction of sp³-hybridized carbons (Fsp3) is 0.321. The summed E-state index contributed by atoms with van der Waals surface area (Å²) in [6.45, 7) is 5.33. The van der Waals surface area contributed by atoms with E-state index in [4.69, 9.17) is 43.1 Å². The molecule has 1 aliphatic heterocycles. The number of rotatable bonds is 7. The average Bonchev–Trinajstić information content (AvgIpc) is 2.81. The van der Waals surface area contributed by atoms with Crippen LogP contribution < -0.4 is 15.8 Å². The highest BCUT2D eigenvalue weighted by Gasteiger charge is 2.46. The molecule has 0 fully saturated rings. The van der Waals surface area contributed by atoms with Gasteiger partial charge >= 0.3 is 5.97 Å². The second-order valence-corrected chi connectivity index (χ2v) is 11.8. The van der Waals surface area contributed by atoms with Gasteiger partial charge in [-0.15, -0.1) is 0 Å². The Balaban J connectivity index is 1.72. The van der Waals surface area contributed by atoms with Gasteiger partial charge in [-0.05, 0) is 48.7 Å². The third kappa shape index (κ3) is 6.59. The van der Waals surface area contributed by atoms with Gasteiger partial charge in [0, 0.05) is 44.2 Å². The van der Waals surface area contributed by atoms with Crippen LogP contribution in [-0.2, 0) is 23.9 Å². The second kappa shape index (κ2) is 11.6. The summed E-state index contributed by atoms with van der Waals surface area (Å²) in [6, 6.07) is 9.77. The van der Waals surface area contributed by atoms with E-state index in [0.29, 0.717) is 43.5 Å². The van der Waals surface area contributed by atoms with Gasteiger partial charge in [0.1, 0.15) is 17.1 Å². The quantitative estimate of drug-likeness (QED) is 0.344. The molecule has 1 amide bonds. The molecule has 1 heterocycles. The number of anilines is 1. The van der Waals surface area contributed by atoms with E-state index < -0.39 is 17.8 Å². The van der Waals surface area contributed by atoms with Crippen LogP contribution in [0.3, 0.4) is 0 Å². The van der Waals surface area contributed by atoms with Gasteiger partial charge in [-0.2, -0.15) is 0 Å². The molecule has 8 nitrogen and oxygen atoms in total. The Bertz CT molecular complexity index is 1400. The van der Waals surface area contributed by atoms with Gasteiger partial charge in [0.25, 0.3) is 5.91 Å². The van der Waals surface area contributed by atoms with Crippen molar-refractivity contribution >= 4 is 62.5 Å². The first-order valence-electron chi connectivity index (χ1n) is 12.2. The molecule has 0 aromatic heterocycles. The molecule has 2 aromatic carbocycles. The first-order chi connectivity index (χ1) is 18.4. The van der Waals surface area contributed by atoms with E-state index >= 15 is 0 Å². The van der Waals surface area contributed by atoms with Crippen LogP contribution in [0.15, 0.2) is 63.7 Å². The lowest BCUT2D eigenvalue weighted by Gasteiger charge is -2.38.